The van der Waals surface area contributed by atoms with Gasteiger partial charge in [0.15, 0.2) is 11.5 Å². The number of anilines is 1. The predicted octanol–water partition coefficient (Wildman–Crippen LogP) is 0.365. The summed E-state index contributed by atoms with van der Waals surface area (Å²) in [6.07, 6.45) is 1.23. The van der Waals surface area contributed by atoms with Gasteiger partial charge in [0, 0.05) is 13.1 Å². The normalized spacial score (nSPS) is 21.4. The van der Waals surface area contributed by atoms with E-state index < -0.39 is 0 Å². The fraction of sp³-hybridized carbons (Fsp3) is 0.556. The highest BCUT2D eigenvalue weighted by Gasteiger charge is 2.20. The number of hydrogen-bond donors (Lipinski definition) is 0. The van der Waals surface area contributed by atoms with Gasteiger partial charge in [-0.05, 0) is 34.9 Å². The predicted molar refractivity (Wildman–Crippen MR) is 54.6 cm³/mol. The Morgan fingerprint density at radius 1 is 1.40 bits per heavy atom. The lowest BCUT2D eigenvalue weighted by Gasteiger charge is -2.15. The quantitative estimate of drug-likeness (QED) is 0.671. The summed E-state index contributed by atoms with van der Waals surface area (Å²) in [4.78, 5) is 2.27. The summed E-state index contributed by atoms with van der Waals surface area (Å²) in [5, 5.41) is 15.5. The Hall–Kier alpha value is -1.72. The molecule has 0 bridgehead atoms. The first-order chi connectivity index (χ1) is 7.33. The number of tetrazole rings is 1. The minimum absolute atomic E-state index is 0.686. The summed E-state index contributed by atoms with van der Waals surface area (Å²) in [6.45, 7) is 4.40. The Bertz CT molecular complexity index is 478. The molecule has 0 aromatic carbocycles. The van der Waals surface area contributed by atoms with Gasteiger partial charge in [0.05, 0.1) is 0 Å². The maximum atomic E-state index is 4.36. The highest BCUT2D eigenvalue weighted by Crippen LogP contribution is 2.20. The number of aromatic nitrogens is 5. The number of rotatable bonds is 1. The maximum Gasteiger partial charge on any atom is 0.200 e. The molecule has 1 aliphatic heterocycles. The smallest absolute Gasteiger partial charge is 0.200 e. The van der Waals surface area contributed by atoms with E-state index in [1.165, 1.54) is 11.1 Å². The van der Waals surface area contributed by atoms with E-state index in [0.717, 1.165) is 24.8 Å². The molecule has 78 valence electrons. The topological polar surface area (TPSA) is 59.2 Å². The molecule has 6 heteroatoms. The summed E-state index contributed by atoms with van der Waals surface area (Å²) in [5.41, 5.74) is 0.686. The third-order valence-corrected chi connectivity index (χ3v) is 2.80. The van der Waals surface area contributed by atoms with E-state index in [-0.39, 0.29) is 0 Å². The van der Waals surface area contributed by atoms with Gasteiger partial charge in [-0.1, -0.05) is 6.92 Å². The molecule has 0 saturated carbocycles. The molecular formula is C9H12N6. The van der Waals surface area contributed by atoms with Crippen molar-refractivity contribution < 1.29 is 0 Å². The van der Waals surface area contributed by atoms with Crippen molar-refractivity contribution in [1.29, 1.82) is 0 Å². The molecule has 6 nitrogen and oxygen atoms in total. The van der Waals surface area contributed by atoms with Gasteiger partial charge in [-0.15, -0.1) is 14.8 Å². The lowest BCUT2D eigenvalue weighted by Crippen LogP contribution is -2.21. The zero-order valence-corrected chi connectivity index (χ0v) is 8.54. The molecule has 0 radical (unpaired) electrons. The highest BCUT2D eigenvalue weighted by atomic mass is 15.6. The van der Waals surface area contributed by atoms with Gasteiger partial charge >= 0.3 is 0 Å². The van der Waals surface area contributed by atoms with E-state index in [0.29, 0.717) is 5.65 Å². The number of fused-ring (bicyclic) bond motifs is 1. The van der Waals surface area contributed by atoms with Gasteiger partial charge in [-0.25, -0.2) is 0 Å². The fourth-order valence-electron chi connectivity index (χ4n) is 1.95. The average molecular weight is 204 g/mol. The largest absolute Gasteiger partial charge is 0.355 e. The van der Waals surface area contributed by atoms with Crippen LogP contribution in [0.5, 0.6) is 0 Å². The van der Waals surface area contributed by atoms with E-state index in [4.69, 9.17) is 0 Å². The highest BCUT2D eigenvalue weighted by molar-refractivity contribution is 5.44. The molecule has 15 heavy (non-hydrogen) atoms. The first-order valence-corrected chi connectivity index (χ1v) is 5.13. The molecule has 1 saturated heterocycles. The van der Waals surface area contributed by atoms with Gasteiger partial charge in [0.25, 0.3) is 0 Å². The van der Waals surface area contributed by atoms with Crippen LogP contribution in [0.25, 0.3) is 5.65 Å². The molecule has 2 aromatic heterocycles. The van der Waals surface area contributed by atoms with Crippen molar-refractivity contribution in [2.24, 2.45) is 5.92 Å². The Morgan fingerprint density at radius 3 is 3.13 bits per heavy atom. The second-order valence-corrected chi connectivity index (χ2v) is 4.06. The second-order valence-electron chi connectivity index (χ2n) is 4.06. The van der Waals surface area contributed by atoms with Crippen LogP contribution in [0.15, 0.2) is 12.1 Å². The molecule has 3 rings (SSSR count). The van der Waals surface area contributed by atoms with Gasteiger partial charge in [-0.2, -0.15) is 0 Å². The molecule has 1 fully saturated rings. The van der Waals surface area contributed by atoms with Crippen LogP contribution >= 0.6 is 0 Å². The third-order valence-electron chi connectivity index (χ3n) is 2.80. The summed E-state index contributed by atoms with van der Waals surface area (Å²) in [7, 11) is 0. The van der Waals surface area contributed by atoms with Gasteiger partial charge < -0.3 is 4.90 Å². The Kier molecular flexibility index (Phi) is 1.80. The van der Waals surface area contributed by atoms with Crippen molar-refractivity contribution in [3.05, 3.63) is 12.1 Å². The minimum Gasteiger partial charge on any atom is -0.355 e. The van der Waals surface area contributed by atoms with Crippen molar-refractivity contribution >= 4 is 11.5 Å². The van der Waals surface area contributed by atoms with E-state index in [9.17, 15) is 0 Å². The SMILES string of the molecule is CC1CCN(c2ccc3nnnn3n2)C1. The molecule has 1 atom stereocenters. The van der Waals surface area contributed by atoms with Gasteiger partial charge in [0.2, 0.25) is 0 Å². The molecule has 0 amide bonds. The molecule has 0 N–H and O–H groups in total. The van der Waals surface area contributed by atoms with Crippen LogP contribution in [0, 0.1) is 5.92 Å². The van der Waals surface area contributed by atoms with Crippen LogP contribution < -0.4 is 4.90 Å². The standard InChI is InChI=1S/C9H12N6/c1-7-4-5-14(6-7)9-3-2-8-10-12-13-15(8)11-9/h2-3,7H,4-6H2,1H3. The van der Waals surface area contributed by atoms with E-state index in [2.05, 4.69) is 32.4 Å². The zero-order chi connectivity index (χ0) is 10.3. The van der Waals surface area contributed by atoms with E-state index in [1.807, 2.05) is 12.1 Å². The van der Waals surface area contributed by atoms with Crippen molar-refractivity contribution in [3.8, 4) is 0 Å². The van der Waals surface area contributed by atoms with Crippen LogP contribution in [-0.2, 0) is 0 Å². The summed E-state index contributed by atoms with van der Waals surface area (Å²) < 4.78 is 1.47. The Morgan fingerprint density at radius 2 is 2.33 bits per heavy atom. The van der Waals surface area contributed by atoms with Gasteiger partial charge in [-0.3, -0.25) is 0 Å². The molecule has 1 aliphatic rings. The molecule has 3 heterocycles. The molecule has 2 aromatic rings. The van der Waals surface area contributed by atoms with E-state index in [1.54, 1.807) is 0 Å². The van der Waals surface area contributed by atoms with Crippen molar-refractivity contribution in [2.75, 3.05) is 18.0 Å². The zero-order valence-electron chi connectivity index (χ0n) is 8.54. The van der Waals surface area contributed by atoms with Gasteiger partial charge in [0.1, 0.15) is 0 Å². The van der Waals surface area contributed by atoms with Crippen molar-refractivity contribution in [1.82, 2.24) is 25.3 Å². The van der Waals surface area contributed by atoms with Crippen LogP contribution in [-0.4, -0.2) is 38.3 Å². The lowest BCUT2D eigenvalue weighted by atomic mass is 10.2. The van der Waals surface area contributed by atoms with Crippen molar-refractivity contribution in [2.45, 2.75) is 13.3 Å². The summed E-state index contributed by atoms with van der Waals surface area (Å²) >= 11 is 0. The second kappa shape index (κ2) is 3.15. The minimum atomic E-state index is 0.686. The third kappa shape index (κ3) is 1.42. The average Bonchev–Trinajstić information content (AvgIpc) is 2.84. The molecular weight excluding hydrogens is 192 g/mol. The molecule has 1 unspecified atom stereocenters. The molecule has 0 aliphatic carbocycles. The Balaban J connectivity index is 1.97. The number of hydrogen-bond acceptors (Lipinski definition) is 5. The first-order valence-electron chi connectivity index (χ1n) is 5.13. The van der Waals surface area contributed by atoms with Crippen LogP contribution in [0.2, 0.25) is 0 Å². The maximum absolute atomic E-state index is 4.36. The van der Waals surface area contributed by atoms with Crippen LogP contribution in [0.3, 0.4) is 0 Å². The number of nitrogens with zero attached hydrogens (tertiary/aromatic N) is 6. The van der Waals surface area contributed by atoms with Crippen molar-refractivity contribution in [3.63, 3.8) is 0 Å². The lowest BCUT2D eigenvalue weighted by molar-refractivity contribution is 0.656. The summed E-state index contributed by atoms with van der Waals surface area (Å²) in [6, 6.07) is 3.87. The van der Waals surface area contributed by atoms with Crippen LogP contribution in [0.4, 0.5) is 5.82 Å². The fourth-order valence-corrected chi connectivity index (χ4v) is 1.95. The van der Waals surface area contributed by atoms with Crippen LogP contribution in [0.1, 0.15) is 13.3 Å². The Labute approximate surface area is 86.9 Å². The van der Waals surface area contributed by atoms with E-state index >= 15 is 0 Å². The first kappa shape index (κ1) is 8.58. The monoisotopic (exact) mass is 204 g/mol. The summed E-state index contributed by atoms with van der Waals surface area (Å²) in [5.74, 6) is 1.70. The molecule has 0 spiro atoms.